The van der Waals surface area contributed by atoms with Crippen LogP contribution in [0.15, 0.2) is 66.7 Å². The average molecular weight is 561 g/mol. The van der Waals surface area contributed by atoms with Gasteiger partial charge in [0.2, 0.25) is 0 Å². The van der Waals surface area contributed by atoms with Crippen LogP contribution >= 0.6 is 0 Å². The van der Waals surface area contributed by atoms with Crippen molar-refractivity contribution in [3.8, 4) is 11.5 Å². The van der Waals surface area contributed by atoms with E-state index in [4.69, 9.17) is 0 Å². The Morgan fingerprint density at radius 2 is 1.39 bits per heavy atom. The molecule has 8 heteroatoms. The third-order valence-corrected chi connectivity index (χ3v) is 8.82. The molecule has 2 aliphatic heterocycles. The highest BCUT2D eigenvalue weighted by atomic mass is 19.1. The quantitative estimate of drug-likeness (QED) is 0.351. The Bertz CT molecular complexity index is 1340. The first-order valence-corrected chi connectivity index (χ1v) is 14.3. The van der Waals surface area contributed by atoms with Crippen molar-refractivity contribution in [1.82, 2.24) is 9.80 Å². The topological polar surface area (TPSA) is 101 Å². The Morgan fingerprint density at radius 3 is 1.90 bits per heavy atom. The van der Waals surface area contributed by atoms with Crippen molar-refractivity contribution >= 4 is 11.6 Å². The first kappa shape index (κ1) is 28.9. The molecule has 0 aromatic heterocycles. The Kier molecular flexibility index (Phi) is 8.82. The van der Waals surface area contributed by atoms with E-state index in [1.165, 1.54) is 30.3 Å². The predicted octanol–water partition coefficient (Wildman–Crippen LogP) is 4.40. The van der Waals surface area contributed by atoms with Crippen LogP contribution < -0.4 is 0 Å². The van der Waals surface area contributed by atoms with Gasteiger partial charge in [0.05, 0.1) is 6.61 Å². The molecule has 3 aromatic rings. The summed E-state index contributed by atoms with van der Waals surface area (Å²) in [7, 11) is 0. The maximum absolute atomic E-state index is 14.9. The Morgan fingerprint density at radius 1 is 0.854 bits per heavy atom. The molecule has 216 valence electrons. The molecule has 41 heavy (non-hydrogen) atoms. The molecule has 5 rings (SSSR count). The van der Waals surface area contributed by atoms with E-state index in [2.05, 4.69) is 9.80 Å². The fraction of sp³-hybridized carbons (Fsp3) is 0.394. The number of likely N-dealkylation sites (tertiary alicyclic amines) is 2. The fourth-order valence-electron chi connectivity index (χ4n) is 6.69. The molecule has 7 nitrogen and oxygen atoms in total. The third-order valence-electron chi connectivity index (χ3n) is 8.82. The van der Waals surface area contributed by atoms with Gasteiger partial charge in [-0.1, -0.05) is 36.4 Å². The number of aromatic hydroxyl groups is 2. The van der Waals surface area contributed by atoms with Crippen molar-refractivity contribution in [3.63, 3.8) is 0 Å². The van der Waals surface area contributed by atoms with E-state index in [1.807, 2.05) is 0 Å². The van der Waals surface area contributed by atoms with Gasteiger partial charge < -0.3 is 20.2 Å². The lowest BCUT2D eigenvalue weighted by atomic mass is 9.67. The minimum Gasteiger partial charge on any atom is -0.508 e. The zero-order chi connectivity index (χ0) is 29.1. The van der Waals surface area contributed by atoms with Gasteiger partial charge in [-0.2, -0.15) is 0 Å². The molecule has 3 N–H and O–H groups in total. The number of carbonyl (C=O) groups is 2. The summed E-state index contributed by atoms with van der Waals surface area (Å²) in [6.45, 7) is 4.80. The molecule has 0 saturated carbocycles. The Hall–Kier alpha value is -3.59. The van der Waals surface area contributed by atoms with Gasteiger partial charge in [-0.3, -0.25) is 14.5 Å². The lowest BCUT2D eigenvalue weighted by molar-refractivity contribution is 0.0284. The van der Waals surface area contributed by atoms with E-state index in [0.29, 0.717) is 41.9 Å². The fourth-order valence-corrected chi connectivity index (χ4v) is 6.69. The molecule has 2 fully saturated rings. The largest absolute Gasteiger partial charge is 0.508 e. The lowest BCUT2D eigenvalue weighted by Crippen LogP contribution is -2.55. The summed E-state index contributed by atoms with van der Waals surface area (Å²) in [4.78, 5) is 32.9. The summed E-state index contributed by atoms with van der Waals surface area (Å²) < 4.78 is 14.9. The summed E-state index contributed by atoms with van der Waals surface area (Å²) in [5.74, 6) is -2.80. The Balaban J connectivity index is 1.59. The zero-order valence-corrected chi connectivity index (χ0v) is 23.2. The molecule has 0 amide bonds. The van der Waals surface area contributed by atoms with E-state index in [1.54, 1.807) is 43.3 Å². The van der Waals surface area contributed by atoms with Crippen LogP contribution in [0.5, 0.6) is 11.5 Å². The number of ketones is 2. The van der Waals surface area contributed by atoms with E-state index >= 15 is 0 Å². The number of phenols is 2. The normalized spacial score (nSPS) is 22.5. The SMILES string of the molecule is Cc1c(F)cccc1[C@@H]1[C@@H](C(=O)c2cccc(O)c2)CN(C2CCN(CCO)CC2)C[C@H]1C(=O)c1cccc(O)c1. The number of benzene rings is 3. The number of nitrogens with zero attached hydrogens (tertiary/aromatic N) is 2. The van der Waals surface area contributed by atoms with Gasteiger partial charge >= 0.3 is 0 Å². The van der Waals surface area contributed by atoms with Crippen LogP contribution in [0.3, 0.4) is 0 Å². The predicted molar refractivity (Wildman–Crippen MR) is 154 cm³/mol. The highest BCUT2D eigenvalue weighted by Crippen LogP contribution is 2.43. The number of hydrogen-bond acceptors (Lipinski definition) is 7. The molecule has 0 radical (unpaired) electrons. The summed E-state index contributed by atoms with van der Waals surface area (Å²) in [6, 6.07) is 17.4. The average Bonchev–Trinajstić information content (AvgIpc) is 2.98. The monoisotopic (exact) mass is 560 g/mol. The molecule has 0 spiro atoms. The van der Waals surface area contributed by atoms with Crippen molar-refractivity contribution in [2.45, 2.75) is 31.7 Å². The molecule has 2 aliphatic rings. The molecule has 0 aliphatic carbocycles. The minimum absolute atomic E-state index is 0.0226. The van der Waals surface area contributed by atoms with Crippen LogP contribution in [0.4, 0.5) is 4.39 Å². The Labute approximate surface area is 239 Å². The van der Waals surface area contributed by atoms with Crippen LogP contribution in [-0.4, -0.2) is 82.1 Å². The van der Waals surface area contributed by atoms with Gasteiger partial charge in [0.25, 0.3) is 0 Å². The first-order chi connectivity index (χ1) is 19.8. The van der Waals surface area contributed by atoms with Gasteiger partial charge in [0.1, 0.15) is 17.3 Å². The van der Waals surface area contributed by atoms with Crippen LogP contribution in [-0.2, 0) is 0 Å². The van der Waals surface area contributed by atoms with Crippen LogP contribution in [0.25, 0.3) is 0 Å². The third kappa shape index (κ3) is 6.20. The number of rotatable bonds is 8. The number of Topliss-reactive ketones (excluding diaryl/α,β-unsaturated/α-hetero) is 2. The standard InChI is InChI=1S/C33H37FN2O5/c1-21-27(9-4-10-30(21)34)31-28(32(40)22-5-2-7-25(38)17-22)19-36(24-11-13-35(14-12-24)15-16-37)20-29(31)33(41)23-6-3-8-26(39)18-23/h2-10,17-18,24,28-29,31,37-39H,11-16,19-20H2,1H3/t28-,29+,31+. The van der Waals surface area contributed by atoms with E-state index in [9.17, 15) is 29.3 Å². The number of hydrogen-bond donors (Lipinski definition) is 3. The minimum atomic E-state index is -0.673. The summed E-state index contributed by atoms with van der Waals surface area (Å²) >= 11 is 0. The second-order valence-electron chi connectivity index (χ2n) is 11.3. The highest BCUT2D eigenvalue weighted by molar-refractivity contribution is 6.02. The van der Waals surface area contributed by atoms with Gasteiger partial charge in [-0.05, 0) is 74.3 Å². The molecule has 2 saturated heterocycles. The van der Waals surface area contributed by atoms with Gasteiger partial charge in [-0.15, -0.1) is 0 Å². The van der Waals surface area contributed by atoms with Crippen molar-refractivity contribution in [3.05, 3.63) is 94.8 Å². The molecule has 3 aromatic carbocycles. The maximum Gasteiger partial charge on any atom is 0.167 e. The van der Waals surface area contributed by atoms with E-state index in [-0.39, 0.29) is 35.7 Å². The number of halogens is 1. The van der Waals surface area contributed by atoms with Gasteiger partial charge in [-0.25, -0.2) is 4.39 Å². The number of aliphatic hydroxyl groups excluding tert-OH is 1. The maximum atomic E-state index is 14.9. The second-order valence-corrected chi connectivity index (χ2v) is 11.3. The number of carbonyl (C=O) groups excluding carboxylic acids is 2. The number of piperidine rings is 2. The molecule has 2 heterocycles. The number of phenolic OH excluding ortho intramolecular Hbond substituents is 2. The highest BCUT2D eigenvalue weighted by Gasteiger charge is 2.47. The zero-order valence-electron chi connectivity index (χ0n) is 23.2. The molecule has 3 atom stereocenters. The summed E-state index contributed by atoms with van der Waals surface area (Å²) in [6.07, 6.45) is 1.67. The number of β-amino-alcohol motifs (C(OH)–C–C–N with tert-alkyl or cyclic N) is 1. The second kappa shape index (κ2) is 12.5. The summed E-state index contributed by atoms with van der Waals surface area (Å²) in [5.41, 5.74) is 1.72. The van der Waals surface area contributed by atoms with Crippen LogP contribution in [0.1, 0.15) is 50.6 Å². The van der Waals surface area contributed by atoms with Crippen LogP contribution in [0, 0.1) is 24.6 Å². The summed E-state index contributed by atoms with van der Waals surface area (Å²) in [5, 5.41) is 29.7. The van der Waals surface area contributed by atoms with Crippen LogP contribution in [0.2, 0.25) is 0 Å². The van der Waals surface area contributed by atoms with Crippen molar-refractivity contribution in [2.24, 2.45) is 11.8 Å². The van der Waals surface area contributed by atoms with E-state index < -0.39 is 23.6 Å². The van der Waals surface area contributed by atoms with Gasteiger partial charge in [0.15, 0.2) is 11.6 Å². The van der Waals surface area contributed by atoms with Crippen molar-refractivity contribution in [1.29, 1.82) is 0 Å². The lowest BCUT2D eigenvalue weighted by Gasteiger charge is -2.48. The van der Waals surface area contributed by atoms with Crippen molar-refractivity contribution in [2.75, 3.05) is 39.3 Å². The number of aliphatic hydroxyl groups is 1. The van der Waals surface area contributed by atoms with E-state index in [0.717, 1.165) is 25.9 Å². The molecule has 0 bridgehead atoms. The molecular formula is C33H37FN2O5. The first-order valence-electron chi connectivity index (χ1n) is 14.3. The smallest absolute Gasteiger partial charge is 0.167 e. The van der Waals surface area contributed by atoms with Gasteiger partial charge in [0, 0.05) is 54.6 Å². The molecule has 0 unspecified atom stereocenters. The molecular weight excluding hydrogens is 523 g/mol. The van der Waals surface area contributed by atoms with Crippen molar-refractivity contribution < 1.29 is 29.3 Å².